The molecule has 0 aromatic rings. The molecule has 0 spiro atoms. The van der Waals surface area contributed by atoms with Crippen molar-refractivity contribution in [2.45, 2.75) is 45.6 Å². The average Bonchev–Trinajstić information content (AvgIpc) is 2.36. The number of nitrogens with one attached hydrogen (secondary N) is 2. The molecule has 18 heavy (non-hydrogen) atoms. The lowest BCUT2D eigenvalue weighted by Crippen LogP contribution is -2.49. The molecule has 0 bridgehead atoms. The van der Waals surface area contributed by atoms with Crippen LogP contribution in [-0.4, -0.2) is 36.6 Å². The minimum absolute atomic E-state index is 0.142. The minimum atomic E-state index is -0.785. The van der Waals surface area contributed by atoms with Gasteiger partial charge in [-0.1, -0.05) is 6.92 Å². The lowest BCUT2D eigenvalue weighted by molar-refractivity contribution is -0.151. The van der Waals surface area contributed by atoms with Gasteiger partial charge >= 0.3 is 5.97 Å². The Kier molecular flexibility index (Phi) is 5.14. The van der Waals surface area contributed by atoms with Crippen LogP contribution in [0, 0.1) is 11.3 Å². The predicted octanol–water partition coefficient (Wildman–Crippen LogP) is 0.992. The van der Waals surface area contributed by atoms with Gasteiger partial charge < -0.3 is 15.7 Å². The summed E-state index contributed by atoms with van der Waals surface area (Å²) < 4.78 is 0. The van der Waals surface area contributed by atoms with Crippen molar-refractivity contribution in [2.75, 3.05) is 13.6 Å². The summed E-state index contributed by atoms with van der Waals surface area (Å²) in [7, 11) is 1.71. The number of likely N-dealkylation sites (N-methyl/N-ethyl adjacent to an activating group) is 1. The van der Waals surface area contributed by atoms with Crippen molar-refractivity contribution in [3.8, 4) is 0 Å². The van der Waals surface area contributed by atoms with Crippen molar-refractivity contribution in [1.82, 2.24) is 10.6 Å². The Bertz CT molecular complexity index is 309. The summed E-state index contributed by atoms with van der Waals surface area (Å²) in [6, 6.07) is -0.293. The van der Waals surface area contributed by atoms with Crippen LogP contribution >= 0.6 is 0 Å². The predicted molar refractivity (Wildman–Crippen MR) is 69.2 cm³/mol. The van der Waals surface area contributed by atoms with Crippen LogP contribution < -0.4 is 10.6 Å². The molecule has 1 aliphatic rings. The van der Waals surface area contributed by atoms with Gasteiger partial charge in [0, 0.05) is 6.54 Å². The number of carbonyl (C=O) groups excluding carboxylic acids is 1. The van der Waals surface area contributed by atoms with Crippen LogP contribution in [-0.2, 0) is 9.59 Å². The zero-order valence-corrected chi connectivity index (χ0v) is 11.5. The number of aliphatic carboxylic acids is 1. The second-order valence-electron chi connectivity index (χ2n) is 5.50. The maximum Gasteiger partial charge on any atom is 0.311 e. The van der Waals surface area contributed by atoms with Crippen LogP contribution in [0.3, 0.4) is 0 Å². The van der Waals surface area contributed by atoms with Crippen LogP contribution in [0.25, 0.3) is 0 Å². The molecule has 1 atom stereocenters. The van der Waals surface area contributed by atoms with E-state index in [-0.39, 0.29) is 18.5 Å². The molecule has 3 N–H and O–H groups in total. The third-order valence-electron chi connectivity index (χ3n) is 4.11. The molecule has 0 heterocycles. The summed E-state index contributed by atoms with van der Waals surface area (Å²) in [5.41, 5.74) is -0.768. The topological polar surface area (TPSA) is 78.4 Å². The van der Waals surface area contributed by atoms with Crippen LogP contribution in [0.4, 0.5) is 0 Å². The summed E-state index contributed by atoms with van der Waals surface area (Å²) in [6.45, 7) is 4.14. The van der Waals surface area contributed by atoms with E-state index in [9.17, 15) is 14.7 Å². The fourth-order valence-corrected chi connectivity index (χ4v) is 2.32. The lowest BCUT2D eigenvalue weighted by Gasteiger charge is -2.36. The quantitative estimate of drug-likeness (QED) is 0.685. The van der Waals surface area contributed by atoms with Crippen LogP contribution in [0.15, 0.2) is 0 Å². The Hall–Kier alpha value is -1.10. The fourth-order valence-electron chi connectivity index (χ4n) is 2.32. The van der Waals surface area contributed by atoms with E-state index in [0.717, 1.165) is 12.8 Å². The molecule has 0 radical (unpaired) electrons. The Morgan fingerprint density at radius 3 is 2.39 bits per heavy atom. The van der Waals surface area contributed by atoms with E-state index in [1.54, 1.807) is 14.0 Å². The zero-order chi connectivity index (χ0) is 13.8. The summed E-state index contributed by atoms with van der Waals surface area (Å²) >= 11 is 0. The molecule has 0 saturated heterocycles. The van der Waals surface area contributed by atoms with Gasteiger partial charge in [-0.3, -0.25) is 9.59 Å². The number of hydrogen-bond acceptors (Lipinski definition) is 3. The van der Waals surface area contributed by atoms with E-state index in [0.29, 0.717) is 18.8 Å². The van der Waals surface area contributed by atoms with E-state index in [1.807, 2.05) is 0 Å². The van der Waals surface area contributed by atoms with Crippen molar-refractivity contribution in [3.63, 3.8) is 0 Å². The van der Waals surface area contributed by atoms with Gasteiger partial charge in [-0.15, -0.1) is 0 Å². The van der Waals surface area contributed by atoms with Crippen molar-refractivity contribution >= 4 is 11.9 Å². The van der Waals surface area contributed by atoms with Crippen molar-refractivity contribution < 1.29 is 14.7 Å². The number of carbonyl (C=O) groups is 2. The van der Waals surface area contributed by atoms with Crippen molar-refractivity contribution in [1.29, 1.82) is 0 Å². The highest BCUT2D eigenvalue weighted by atomic mass is 16.4. The van der Waals surface area contributed by atoms with Gasteiger partial charge in [0.2, 0.25) is 5.91 Å². The van der Waals surface area contributed by atoms with Crippen molar-refractivity contribution in [2.24, 2.45) is 11.3 Å². The molecule has 1 unspecified atom stereocenters. The number of carboxylic acid groups (broad SMARTS) is 1. The van der Waals surface area contributed by atoms with Gasteiger partial charge in [-0.25, -0.2) is 0 Å². The maximum absolute atomic E-state index is 11.7. The zero-order valence-electron chi connectivity index (χ0n) is 11.5. The molecular formula is C13H24N2O3. The van der Waals surface area contributed by atoms with Gasteiger partial charge in [-0.2, -0.15) is 0 Å². The van der Waals surface area contributed by atoms with E-state index in [4.69, 9.17) is 0 Å². The Labute approximate surface area is 108 Å². The highest BCUT2D eigenvalue weighted by Crippen LogP contribution is 2.38. The Morgan fingerprint density at radius 2 is 1.94 bits per heavy atom. The molecule has 1 aliphatic carbocycles. The molecule has 5 heteroatoms. The number of carboxylic acids is 1. The molecule has 1 fully saturated rings. The largest absolute Gasteiger partial charge is 0.481 e. The molecular weight excluding hydrogens is 232 g/mol. The molecule has 1 amide bonds. The maximum atomic E-state index is 11.7. The summed E-state index contributed by atoms with van der Waals surface area (Å²) in [4.78, 5) is 23.1. The second kappa shape index (κ2) is 6.18. The SMILES string of the molecule is CNC(C)C(=O)NCC1(C(=O)O)CCC(C)CC1. The van der Waals surface area contributed by atoms with Crippen LogP contribution in [0.5, 0.6) is 0 Å². The van der Waals surface area contributed by atoms with E-state index in [2.05, 4.69) is 17.6 Å². The molecule has 1 saturated carbocycles. The summed E-state index contributed by atoms with van der Waals surface area (Å²) in [5.74, 6) is -0.340. The van der Waals surface area contributed by atoms with Crippen molar-refractivity contribution in [3.05, 3.63) is 0 Å². The first-order valence-corrected chi connectivity index (χ1v) is 6.59. The molecule has 0 aliphatic heterocycles. The van der Waals surface area contributed by atoms with Gasteiger partial charge in [0.1, 0.15) is 0 Å². The third-order valence-corrected chi connectivity index (χ3v) is 4.11. The Balaban J connectivity index is 2.59. The first-order chi connectivity index (χ1) is 8.41. The molecule has 104 valence electrons. The fraction of sp³-hybridized carbons (Fsp3) is 0.846. The molecule has 0 aromatic heterocycles. The molecule has 0 aromatic carbocycles. The second-order valence-corrected chi connectivity index (χ2v) is 5.50. The highest BCUT2D eigenvalue weighted by molar-refractivity contribution is 5.82. The number of hydrogen-bond donors (Lipinski definition) is 3. The first-order valence-electron chi connectivity index (χ1n) is 6.59. The third kappa shape index (κ3) is 3.45. The van der Waals surface area contributed by atoms with E-state index < -0.39 is 11.4 Å². The van der Waals surface area contributed by atoms with Crippen LogP contribution in [0.2, 0.25) is 0 Å². The summed E-state index contributed by atoms with van der Waals surface area (Å²) in [6.07, 6.45) is 3.14. The molecule has 5 nitrogen and oxygen atoms in total. The monoisotopic (exact) mass is 256 g/mol. The smallest absolute Gasteiger partial charge is 0.311 e. The Morgan fingerprint density at radius 1 is 1.39 bits per heavy atom. The standard InChI is InChI=1S/C13H24N2O3/c1-9-4-6-13(7-5-9,12(17)18)8-15-11(16)10(2)14-3/h9-10,14H,4-8H2,1-3H3,(H,15,16)(H,17,18). The minimum Gasteiger partial charge on any atom is -0.481 e. The summed E-state index contributed by atoms with van der Waals surface area (Å²) in [5, 5.41) is 15.0. The van der Waals surface area contributed by atoms with E-state index >= 15 is 0 Å². The number of amides is 1. The lowest BCUT2D eigenvalue weighted by atomic mass is 9.71. The van der Waals surface area contributed by atoms with Gasteiger partial charge in [-0.05, 0) is 45.6 Å². The van der Waals surface area contributed by atoms with Gasteiger partial charge in [0.15, 0.2) is 0 Å². The van der Waals surface area contributed by atoms with Gasteiger partial charge in [0.25, 0.3) is 0 Å². The normalized spacial score (nSPS) is 29.6. The highest BCUT2D eigenvalue weighted by Gasteiger charge is 2.41. The number of rotatable bonds is 5. The van der Waals surface area contributed by atoms with E-state index in [1.165, 1.54) is 0 Å². The first kappa shape index (κ1) is 15.0. The van der Waals surface area contributed by atoms with Crippen LogP contribution in [0.1, 0.15) is 39.5 Å². The van der Waals surface area contributed by atoms with Gasteiger partial charge in [0.05, 0.1) is 11.5 Å². The molecule has 1 rings (SSSR count). The average molecular weight is 256 g/mol.